The number of furan rings is 1. The molecule has 0 atom stereocenters. The molecule has 26 heavy (non-hydrogen) atoms. The van der Waals surface area contributed by atoms with Crippen LogP contribution in [0.3, 0.4) is 0 Å². The first kappa shape index (κ1) is 17.4. The number of carbonyl (C=O) groups excluding carboxylic acids is 2. The van der Waals surface area contributed by atoms with Gasteiger partial charge in [-0.15, -0.1) is 0 Å². The monoisotopic (exact) mass is 356 g/mol. The van der Waals surface area contributed by atoms with Crippen molar-refractivity contribution in [2.45, 2.75) is 13.8 Å². The van der Waals surface area contributed by atoms with Crippen LogP contribution in [0.5, 0.6) is 11.6 Å². The number of rotatable bonds is 2. The normalized spacial score (nSPS) is 12.2. The van der Waals surface area contributed by atoms with Gasteiger partial charge in [-0.1, -0.05) is 0 Å². The van der Waals surface area contributed by atoms with Crippen LogP contribution in [0.4, 0.5) is 0 Å². The Bertz CT molecular complexity index is 979. The summed E-state index contributed by atoms with van der Waals surface area (Å²) in [6.07, 6.45) is 4.58. The molecule has 0 unspecified atom stereocenters. The SMILES string of the molecule is CCOC(=O)c1oc2cnccc2c1O.Cc1ccnc2c1C(=O)CO2. The van der Waals surface area contributed by atoms with Crippen LogP contribution in [0.15, 0.2) is 35.1 Å². The third kappa shape index (κ3) is 3.21. The molecule has 3 aromatic heterocycles. The second-order valence-corrected chi connectivity index (χ2v) is 5.39. The van der Waals surface area contributed by atoms with Crippen molar-refractivity contribution in [3.63, 3.8) is 0 Å². The van der Waals surface area contributed by atoms with Gasteiger partial charge in [-0.25, -0.2) is 9.78 Å². The first-order valence-electron chi connectivity index (χ1n) is 7.87. The highest BCUT2D eigenvalue weighted by Gasteiger charge is 2.23. The van der Waals surface area contributed by atoms with E-state index in [1.165, 1.54) is 12.4 Å². The number of fused-ring (bicyclic) bond motifs is 2. The molecule has 8 heteroatoms. The fourth-order valence-corrected chi connectivity index (χ4v) is 2.46. The van der Waals surface area contributed by atoms with Crippen molar-refractivity contribution in [3.8, 4) is 11.6 Å². The molecule has 3 aromatic rings. The van der Waals surface area contributed by atoms with E-state index >= 15 is 0 Å². The van der Waals surface area contributed by atoms with Crippen molar-refractivity contribution >= 4 is 22.7 Å². The lowest BCUT2D eigenvalue weighted by atomic mass is 10.1. The summed E-state index contributed by atoms with van der Waals surface area (Å²) >= 11 is 0. The smallest absolute Gasteiger partial charge is 0.378 e. The van der Waals surface area contributed by atoms with Gasteiger partial charge in [0.25, 0.3) is 5.76 Å². The average Bonchev–Trinajstić information content (AvgIpc) is 3.18. The minimum absolute atomic E-state index is 0.0330. The summed E-state index contributed by atoms with van der Waals surface area (Å²) in [5, 5.41) is 10.1. The number of aromatic hydroxyl groups is 1. The standard InChI is InChI=1S/C10H9NO4.C8H7NO2/c1-2-14-10(13)9-8(12)6-3-4-11-5-7(6)15-9;1-5-2-3-9-8-7(5)6(10)4-11-8/h3-5,12H,2H2,1H3;2-3H,4H2,1H3. The molecular weight excluding hydrogens is 340 g/mol. The molecule has 4 rings (SSSR count). The molecule has 0 amide bonds. The van der Waals surface area contributed by atoms with Crippen LogP contribution >= 0.6 is 0 Å². The molecular formula is C18H16N2O6. The van der Waals surface area contributed by atoms with Gasteiger partial charge in [0.15, 0.2) is 17.9 Å². The Hall–Kier alpha value is -3.42. The molecule has 0 aromatic carbocycles. The van der Waals surface area contributed by atoms with Crippen molar-refractivity contribution < 1.29 is 28.6 Å². The van der Waals surface area contributed by atoms with Crippen LogP contribution < -0.4 is 4.74 Å². The van der Waals surface area contributed by atoms with Gasteiger partial charge in [-0.3, -0.25) is 9.78 Å². The van der Waals surface area contributed by atoms with Crippen molar-refractivity contribution in [2.75, 3.05) is 13.2 Å². The third-order valence-electron chi connectivity index (χ3n) is 3.67. The highest BCUT2D eigenvalue weighted by atomic mass is 16.5. The highest BCUT2D eigenvalue weighted by molar-refractivity contribution is 6.02. The molecule has 0 radical (unpaired) electrons. The first-order valence-corrected chi connectivity index (χ1v) is 7.87. The van der Waals surface area contributed by atoms with Gasteiger partial charge >= 0.3 is 5.97 Å². The molecule has 0 fully saturated rings. The fourth-order valence-electron chi connectivity index (χ4n) is 2.46. The van der Waals surface area contributed by atoms with Crippen molar-refractivity contribution in [1.82, 2.24) is 9.97 Å². The minimum Gasteiger partial charge on any atom is -0.504 e. The number of ketones is 1. The summed E-state index contributed by atoms with van der Waals surface area (Å²) in [6, 6.07) is 3.38. The Morgan fingerprint density at radius 3 is 2.85 bits per heavy atom. The molecule has 4 heterocycles. The van der Waals surface area contributed by atoms with Gasteiger partial charge in [0.1, 0.15) is 0 Å². The Morgan fingerprint density at radius 2 is 2.15 bits per heavy atom. The molecule has 8 nitrogen and oxygen atoms in total. The Balaban J connectivity index is 0.000000158. The molecule has 0 spiro atoms. The number of aromatic nitrogens is 2. The van der Waals surface area contributed by atoms with Crippen molar-refractivity contribution in [1.29, 1.82) is 0 Å². The van der Waals surface area contributed by atoms with Crippen LogP contribution in [0.2, 0.25) is 0 Å². The summed E-state index contributed by atoms with van der Waals surface area (Å²) in [4.78, 5) is 30.2. The lowest BCUT2D eigenvalue weighted by molar-refractivity contribution is 0.0488. The van der Waals surface area contributed by atoms with E-state index in [9.17, 15) is 14.7 Å². The number of nitrogens with zero attached hydrogens (tertiary/aromatic N) is 2. The number of Topliss-reactive ketones (excluding diaryl/α,β-unsaturated/α-hetero) is 1. The molecule has 0 saturated carbocycles. The van der Waals surface area contributed by atoms with Crippen molar-refractivity contribution in [3.05, 3.63) is 47.6 Å². The number of pyridine rings is 2. The van der Waals surface area contributed by atoms with Crippen LogP contribution in [-0.2, 0) is 4.74 Å². The van der Waals surface area contributed by atoms with Gasteiger partial charge in [0, 0.05) is 12.4 Å². The summed E-state index contributed by atoms with van der Waals surface area (Å²) in [5.74, 6) is -0.544. The molecule has 0 saturated heterocycles. The van der Waals surface area contributed by atoms with E-state index < -0.39 is 5.97 Å². The first-order chi connectivity index (χ1) is 12.5. The lowest BCUT2D eigenvalue weighted by Gasteiger charge is -1.97. The summed E-state index contributed by atoms with van der Waals surface area (Å²) in [5.41, 5.74) is 1.95. The van der Waals surface area contributed by atoms with E-state index in [-0.39, 0.29) is 30.5 Å². The molecule has 1 N–H and O–H groups in total. The van der Waals surface area contributed by atoms with Crippen LogP contribution in [0.25, 0.3) is 11.0 Å². The summed E-state index contributed by atoms with van der Waals surface area (Å²) in [7, 11) is 0. The van der Waals surface area contributed by atoms with Gasteiger partial charge in [-0.05, 0) is 31.5 Å². The Morgan fingerprint density at radius 1 is 1.35 bits per heavy atom. The second-order valence-electron chi connectivity index (χ2n) is 5.39. The minimum atomic E-state index is -0.675. The van der Waals surface area contributed by atoms with E-state index in [4.69, 9.17) is 13.9 Å². The topological polar surface area (TPSA) is 112 Å². The Kier molecular flexibility index (Phi) is 4.83. The van der Waals surface area contributed by atoms with E-state index in [0.29, 0.717) is 22.4 Å². The van der Waals surface area contributed by atoms with Gasteiger partial charge < -0.3 is 19.0 Å². The van der Waals surface area contributed by atoms with Gasteiger partial charge in [-0.2, -0.15) is 0 Å². The number of esters is 1. The fraction of sp³-hybridized carbons (Fsp3) is 0.222. The zero-order valence-electron chi connectivity index (χ0n) is 14.2. The molecule has 0 bridgehead atoms. The number of ether oxygens (including phenoxy) is 2. The predicted molar refractivity (Wildman–Crippen MR) is 90.4 cm³/mol. The van der Waals surface area contributed by atoms with Crippen molar-refractivity contribution in [2.24, 2.45) is 0 Å². The highest BCUT2D eigenvalue weighted by Crippen LogP contribution is 2.31. The summed E-state index contributed by atoms with van der Waals surface area (Å²) < 4.78 is 14.9. The zero-order chi connectivity index (χ0) is 18.7. The number of carbonyl (C=O) groups is 2. The number of hydrogen-bond acceptors (Lipinski definition) is 8. The summed E-state index contributed by atoms with van der Waals surface area (Å²) in [6.45, 7) is 3.94. The number of hydrogen-bond donors (Lipinski definition) is 1. The maximum Gasteiger partial charge on any atom is 0.378 e. The largest absolute Gasteiger partial charge is 0.504 e. The zero-order valence-corrected chi connectivity index (χ0v) is 14.2. The van der Waals surface area contributed by atoms with Gasteiger partial charge in [0.05, 0.1) is 23.8 Å². The average molecular weight is 356 g/mol. The van der Waals surface area contributed by atoms with E-state index in [1.54, 1.807) is 19.2 Å². The van der Waals surface area contributed by atoms with E-state index in [2.05, 4.69) is 9.97 Å². The molecule has 134 valence electrons. The van der Waals surface area contributed by atoms with Crippen LogP contribution in [0.1, 0.15) is 33.4 Å². The second kappa shape index (κ2) is 7.22. The molecule has 1 aliphatic heterocycles. The number of aryl methyl sites for hydroxylation is 1. The Labute approximate surface area is 148 Å². The maximum atomic E-state index is 11.3. The third-order valence-corrected chi connectivity index (χ3v) is 3.67. The van der Waals surface area contributed by atoms with Crippen LogP contribution in [0, 0.1) is 6.92 Å². The van der Waals surface area contributed by atoms with E-state index in [0.717, 1.165) is 5.56 Å². The molecule has 1 aliphatic rings. The van der Waals surface area contributed by atoms with Gasteiger partial charge in [0.2, 0.25) is 11.7 Å². The quantitative estimate of drug-likeness (QED) is 0.698. The molecule has 0 aliphatic carbocycles. The lowest BCUT2D eigenvalue weighted by Crippen LogP contribution is -2.02. The van der Waals surface area contributed by atoms with E-state index in [1.807, 2.05) is 13.0 Å². The predicted octanol–water partition coefficient (Wildman–Crippen LogP) is 2.68. The maximum absolute atomic E-state index is 11.3. The van der Waals surface area contributed by atoms with Crippen LogP contribution in [-0.4, -0.2) is 40.0 Å².